The van der Waals surface area contributed by atoms with Gasteiger partial charge in [0, 0.05) is 23.4 Å². The summed E-state index contributed by atoms with van der Waals surface area (Å²) in [6.07, 6.45) is 8.74. The number of hydrogen-bond acceptors (Lipinski definition) is 8. The predicted octanol–water partition coefficient (Wildman–Crippen LogP) is 4.70. The maximum atomic E-state index is 13.8. The molecule has 2 aromatic heterocycles. The molecule has 2 aliphatic rings. The molecule has 2 aliphatic heterocycles. The number of methoxy groups -OCH3 is 1. The molecule has 0 radical (unpaired) electrons. The Morgan fingerprint density at radius 2 is 2.16 bits per heavy atom. The molecule has 9 heteroatoms. The van der Waals surface area contributed by atoms with Gasteiger partial charge in [-0.3, -0.25) is 4.79 Å². The molecule has 194 valence electrons. The summed E-state index contributed by atoms with van der Waals surface area (Å²) >= 11 is 1.50. The Kier molecular flexibility index (Phi) is 7.41. The van der Waals surface area contributed by atoms with Crippen LogP contribution < -0.4 is 10.1 Å². The Morgan fingerprint density at radius 3 is 2.97 bits per heavy atom. The summed E-state index contributed by atoms with van der Waals surface area (Å²) in [5, 5.41) is 8.02. The summed E-state index contributed by atoms with van der Waals surface area (Å²) in [5.41, 5.74) is 2.08. The second-order valence-corrected chi connectivity index (χ2v) is 10.8. The highest BCUT2D eigenvalue weighted by molar-refractivity contribution is 7.13. The molecule has 0 saturated carbocycles. The Balaban J connectivity index is 1.53. The first-order valence-corrected chi connectivity index (χ1v) is 13.6. The van der Waals surface area contributed by atoms with E-state index in [9.17, 15) is 9.59 Å². The van der Waals surface area contributed by atoms with Gasteiger partial charge in [0.2, 0.25) is 11.8 Å². The van der Waals surface area contributed by atoms with E-state index in [0.29, 0.717) is 17.4 Å². The van der Waals surface area contributed by atoms with E-state index in [4.69, 9.17) is 14.5 Å². The van der Waals surface area contributed by atoms with Crippen molar-refractivity contribution in [3.05, 3.63) is 53.2 Å². The molecule has 3 atom stereocenters. The van der Waals surface area contributed by atoms with Gasteiger partial charge in [-0.25, -0.2) is 14.8 Å². The smallest absolute Gasteiger partial charge is 0.328 e. The van der Waals surface area contributed by atoms with Crippen LogP contribution in [-0.2, 0) is 20.7 Å². The number of nitrogens with zero attached hydrogens (tertiary/aromatic N) is 3. The van der Waals surface area contributed by atoms with E-state index in [1.165, 1.54) is 18.4 Å². The number of carbonyl (C=O) groups is 2. The molecule has 0 unspecified atom stereocenters. The zero-order chi connectivity index (χ0) is 25.9. The maximum absolute atomic E-state index is 13.8. The molecule has 0 aliphatic carbocycles. The first-order valence-electron chi connectivity index (χ1n) is 12.7. The van der Waals surface area contributed by atoms with E-state index in [2.05, 4.69) is 40.7 Å². The molecular weight excluding hydrogens is 488 g/mol. The van der Waals surface area contributed by atoms with Crippen LogP contribution in [0.1, 0.15) is 44.4 Å². The van der Waals surface area contributed by atoms with Crippen molar-refractivity contribution in [1.29, 1.82) is 0 Å². The van der Waals surface area contributed by atoms with Crippen molar-refractivity contribution < 1.29 is 19.1 Å². The van der Waals surface area contributed by atoms with Gasteiger partial charge in [0.15, 0.2) is 5.13 Å². The normalized spacial score (nSPS) is 23.2. The third-order valence-electron chi connectivity index (χ3n) is 6.93. The SMILES string of the molecule is COC(=O)[C@@H]1C[C@@H]2CN1C(=O)[C@H](C(C)C)Nc1nc(cs1)CCC/C=C/c1ccc3ccnc(c3c1)O2. The fourth-order valence-electron chi connectivity index (χ4n) is 4.93. The van der Waals surface area contributed by atoms with Crippen molar-refractivity contribution in [3.8, 4) is 5.88 Å². The number of esters is 1. The quantitative estimate of drug-likeness (QED) is 0.490. The average molecular weight is 521 g/mol. The minimum Gasteiger partial charge on any atom is -0.472 e. The Morgan fingerprint density at radius 1 is 1.30 bits per heavy atom. The van der Waals surface area contributed by atoms with Crippen molar-refractivity contribution >= 4 is 45.2 Å². The number of allylic oxidation sites excluding steroid dienone is 1. The molecule has 4 heterocycles. The van der Waals surface area contributed by atoms with Crippen molar-refractivity contribution in [3.63, 3.8) is 0 Å². The predicted molar refractivity (Wildman–Crippen MR) is 145 cm³/mol. The largest absolute Gasteiger partial charge is 0.472 e. The van der Waals surface area contributed by atoms with Gasteiger partial charge in [0.25, 0.3) is 0 Å². The van der Waals surface area contributed by atoms with Crippen LogP contribution in [0.4, 0.5) is 5.13 Å². The van der Waals surface area contributed by atoms with Gasteiger partial charge in [-0.15, -0.1) is 11.3 Å². The number of aryl methyl sites for hydroxylation is 1. The molecule has 1 N–H and O–H groups in total. The Bertz CT molecular complexity index is 1320. The molecule has 3 aromatic rings. The molecule has 0 spiro atoms. The van der Waals surface area contributed by atoms with Crippen molar-refractivity contribution in [2.24, 2.45) is 5.92 Å². The van der Waals surface area contributed by atoms with E-state index < -0.39 is 24.2 Å². The minimum atomic E-state index is -0.725. The second-order valence-electron chi connectivity index (χ2n) is 9.91. The third-order valence-corrected chi connectivity index (χ3v) is 7.75. The molecule has 6 bridgehead atoms. The van der Waals surface area contributed by atoms with Gasteiger partial charge < -0.3 is 19.7 Å². The maximum Gasteiger partial charge on any atom is 0.328 e. The fraction of sp³-hybridized carbons (Fsp3) is 0.429. The summed E-state index contributed by atoms with van der Waals surface area (Å²) in [6, 6.07) is 6.91. The first-order chi connectivity index (χ1) is 17.9. The van der Waals surface area contributed by atoms with Crippen LogP contribution in [-0.4, -0.2) is 58.6 Å². The van der Waals surface area contributed by atoms with Crippen molar-refractivity contribution in [1.82, 2.24) is 14.9 Å². The molecule has 1 fully saturated rings. The second kappa shape index (κ2) is 10.9. The Labute approximate surface area is 220 Å². The number of aromatic nitrogens is 2. The van der Waals surface area contributed by atoms with Crippen LogP contribution in [0.2, 0.25) is 0 Å². The van der Waals surface area contributed by atoms with Crippen LogP contribution in [0.15, 0.2) is 41.9 Å². The number of ether oxygens (including phenoxy) is 2. The van der Waals surface area contributed by atoms with Crippen molar-refractivity contribution in [2.45, 2.75) is 57.7 Å². The number of nitrogens with one attached hydrogen (secondary N) is 1. The standard InChI is InChI=1S/C28H32N4O4S/c1-17(2)24-26(33)32-15-21(14-23(32)27(34)35-3)36-25-22-13-18(9-10-19(22)11-12-29-25)7-5-4-6-8-20-16-37-28(30-20)31-24/h5,7,9-13,16-17,21,23-24H,4,6,8,14-15H2,1-3H3,(H,30,31)/b7-5+/t21-,23+,24+/m1/s1. The molecule has 5 rings (SSSR count). The fourth-order valence-corrected chi connectivity index (χ4v) is 5.72. The number of rotatable bonds is 2. The minimum absolute atomic E-state index is 0.0180. The number of amides is 1. The molecule has 8 nitrogen and oxygen atoms in total. The summed E-state index contributed by atoms with van der Waals surface area (Å²) in [6.45, 7) is 4.24. The lowest BCUT2D eigenvalue weighted by molar-refractivity contribution is -0.151. The van der Waals surface area contributed by atoms with E-state index in [1.807, 2.05) is 25.3 Å². The molecule has 1 amide bonds. The zero-order valence-electron chi connectivity index (χ0n) is 21.3. The lowest BCUT2D eigenvalue weighted by atomic mass is 10.0. The first kappa shape index (κ1) is 25.2. The highest BCUT2D eigenvalue weighted by Crippen LogP contribution is 2.31. The number of pyridine rings is 1. The van der Waals surface area contributed by atoms with Crippen LogP contribution in [0.25, 0.3) is 16.8 Å². The number of thiazole rings is 1. The van der Waals surface area contributed by atoms with Crippen LogP contribution >= 0.6 is 11.3 Å². The number of fused-ring (bicyclic) bond motifs is 5. The van der Waals surface area contributed by atoms with Gasteiger partial charge in [0.1, 0.15) is 18.2 Å². The molecule has 1 aromatic carbocycles. The van der Waals surface area contributed by atoms with Gasteiger partial charge in [-0.1, -0.05) is 38.1 Å². The van der Waals surface area contributed by atoms with E-state index in [1.54, 1.807) is 11.1 Å². The van der Waals surface area contributed by atoms with Crippen LogP contribution in [0, 0.1) is 5.92 Å². The van der Waals surface area contributed by atoms with Crippen LogP contribution in [0.3, 0.4) is 0 Å². The number of benzene rings is 1. The third kappa shape index (κ3) is 5.46. The number of hydrogen-bond donors (Lipinski definition) is 1. The van der Waals surface area contributed by atoms with Gasteiger partial charge >= 0.3 is 5.97 Å². The lowest BCUT2D eigenvalue weighted by Gasteiger charge is -2.29. The Hall–Kier alpha value is -3.46. The molecule has 1 saturated heterocycles. The summed E-state index contributed by atoms with van der Waals surface area (Å²) in [4.78, 5) is 37.4. The summed E-state index contributed by atoms with van der Waals surface area (Å²) in [5.74, 6) is -0.125. The van der Waals surface area contributed by atoms with Gasteiger partial charge in [-0.2, -0.15) is 0 Å². The van der Waals surface area contributed by atoms with Gasteiger partial charge in [0.05, 0.1) is 19.3 Å². The topological polar surface area (TPSA) is 93.7 Å². The van der Waals surface area contributed by atoms with E-state index in [-0.39, 0.29) is 18.4 Å². The van der Waals surface area contributed by atoms with E-state index in [0.717, 1.165) is 41.3 Å². The molecular formula is C28H32N4O4S. The average Bonchev–Trinajstić information content (AvgIpc) is 3.53. The number of carbonyl (C=O) groups excluding carboxylic acids is 2. The summed E-state index contributed by atoms with van der Waals surface area (Å²) in [7, 11) is 1.35. The monoisotopic (exact) mass is 520 g/mol. The highest BCUT2D eigenvalue weighted by Gasteiger charge is 2.44. The molecule has 37 heavy (non-hydrogen) atoms. The number of anilines is 1. The summed E-state index contributed by atoms with van der Waals surface area (Å²) < 4.78 is 11.4. The van der Waals surface area contributed by atoms with Crippen molar-refractivity contribution in [2.75, 3.05) is 19.0 Å². The zero-order valence-corrected chi connectivity index (χ0v) is 22.2. The lowest BCUT2D eigenvalue weighted by Crippen LogP contribution is -2.50. The van der Waals surface area contributed by atoms with Crippen LogP contribution in [0.5, 0.6) is 5.88 Å². The van der Waals surface area contributed by atoms with E-state index >= 15 is 0 Å². The van der Waals surface area contributed by atoms with Gasteiger partial charge in [-0.05, 0) is 48.3 Å². The highest BCUT2D eigenvalue weighted by atomic mass is 32.1.